The summed E-state index contributed by atoms with van der Waals surface area (Å²) in [6, 6.07) is 7.89. The number of benzene rings is 1. The van der Waals surface area contributed by atoms with Crippen LogP contribution in [0.4, 0.5) is 0 Å². The molecule has 0 atom stereocenters. The zero-order valence-corrected chi connectivity index (χ0v) is 11.6. The van der Waals surface area contributed by atoms with Crippen molar-refractivity contribution in [2.24, 2.45) is 5.73 Å². The standard InChI is InChI=1S/C15H20N2O2/c1-10(2)18-13-6-4-12(5-7-13)15-11(3)19-14(17-15)8-9-16/h4-7,10H,8-9,16H2,1-3H3. The Morgan fingerprint density at radius 2 is 1.95 bits per heavy atom. The average Bonchev–Trinajstić information content (AvgIpc) is 2.71. The first-order valence-electron chi connectivity index (χ1n) is 6.53. The van der Waals surface area contributed by atoms with E-state index in [0.717, 1.165) is 22.8 Å². The van der Waals surface area contributed by atoms with Crippen molar-refractivity contribution in [3.05, 3.63) is 35.9 Å². The minimum absolute atomic E-state index is 0.177. The highest BCUT2D eigenvalue weighted by Crippen LogP contribution is 2.25. The molecule has 2 N–H and O–H groups in total. The van der Waals surface area contributed by atoms with Crippen LogP contribution in [0.2, 0.25) is 0 Å². The molecule has 4 nitrogen and oxygen atoms in total. The van der Waals surface area contributed by atoms with Gasteiger partial charge in [-0.2, -0.15) is 0 Å². The lowest BCUT2D eigenvalue weighted by atomic mass is 10.1. The first-order valence-corrected chi connectivity index (χ1v) is 6.53. The summed E-state index contributed by atoms with van der Waals surface area (Å²) in [5, 5.41) is 0. The smallest absolute Gasteiger partial charge is 0.196 e. The van der Waals surface area contributed by atoms with Crippen LogP contribution in [0.3, 0.4) is 0 Å². The SMILES string of the molecule is Cc1oc(CCN)nc1-c1ccc(OC(C)C)cc1. The van der Waals surface area contributed by atoms with Crippen molar-refractivity contribution in [3.8, 4) is 17.0 Å². The van der Waals surface area contributed by atoms with E-state index in [1.54, 1.807) is 0 Å². The van der Waals surface area contributed by atoms with E-state index in [1.165, 1.54) is 0 Å². The molecule has 0 saturated heterocycles. The van der Waals surface area contributed by atoms with E-state index in [-0.39, 0.29) is 6.10 Å². The maximum absolute atomic E-state index is 5.62. The number of nitrogens with zero attached hydrogens (tertiary/aromatic N) is 1. The summed E-state index contributed by atoms with van der Waals surface area (Å²) in [5.41, 5.74) is 7.41. The Kier molecular flexibility index (Phi) is 4.22. The van der Waals surface area contributed by atoms with Gasteiger partial charge in [-0.15, -0.1) is 0 Å². The van der Waals surface area contributed by atoms with Crippen molar-refractivity contribution in [2.45, 2.75) is 33.3 Å². The highest BCUT2D eigenvalue weighted by atomic mass is 16.5. The highest BCUT2D eigenvalue weighted by molar-refractivity contribution is 5.61. The molecule has 0 amide bonds. The lowest BCUT2D eigenvalue weighted by Gasteiger charge is -2.09. The summed E-state index contributed by atoms with van der Waals surface area (Å²) in [7, 11) is 0. The number of aromatic nitrogens is 1. The number of oxazole rings is 1. The van der Waals surface area contributed by atoms with Crippen molar-refractivity contribution in [2.75, 3.05) is 6.54 Å². The van der Waals surface area contributed by atoms with Crippen LogP contribution >= 0.6 is 0 Å². The molecule has 102 valence electrons. The van der Waals surface area contributed by atoms with Crippen LogP contribution in [0.1, 0.15) is 25.5 Å². The monoisotopic (exact) mass is 260 g/mol. The summed E-state index contributed by atoms with van der Waals surface area (Å²) >= 11 is 0. The molecule has 0 unspecified atom stereocenters. The van der Waals surface area contributed by atoms with E-state index in [4.69, 9.17) is 14.9 Å². The summed E-state index contributed by atoms with van der Waals surface area (Å²) in [4.78, 5) is 4.47. The number of hydrogen-bond donors (Lipinski definition) is 1. The molecule has 1 aromatic carbocycles. The molecule has 19 heavy (non-hydrogen) atoms. The molecule has 2 rings (SSSR count). The van der Waals surface area contributed by atoms with Crippen LogP contribution in [0.15, 0.2) is 28.7 Å². The van der Waals surface area contributed by atoms with E-state index in [1.807, 2.05) is 45.0 Å². The normalized spacial score (nSPS) is 11.0. The molecular weight excluding hydrogens is 240 g/mol. The molecule has 0 spiro atoms. The van der Waals surface area contributed by atoms with Crippen molar-refractivity contribution in [1.82, 2.24) is 4.98 Å². The van der Waals surface area contributed by atoms with E-state index < -0.39 is 0 Å². The number of ether oxygens (including phenoxy) is 1. The molecule has 0 saturated carbocycles. The topological polar surface area (TPSA) is 61.3 Å². The summed E-state index contributed by atoms with van der Waals surface area (Å²) < 4.78 is 11.2. The van der Waals surface area contributed by atoms with Crippen LogP contribution in [0, 0.1) is 6.92 Å². The first-order chi connectivity index (χ1) is 9.10. The summed E-state index contributed by atoms with van der Waals surface area (Å²) in [5.74, 6) is 2.38. The quantitative estimate of drug-likeness (QED) is 0.897. The van der Waals surface area contributed by atoms with Gasteiger partial charge < -0.3 is 14.9 Å². The first kappa shape index (κ1) is 13.6. The van der Waals surface area contributed by atoms with Crippen LogP contribution in [0.25, 0.3) is 11.3 Å². The Balaban J connectivity index is 2.21. The number of nitrogens with two attached hydrogens (primary N) is 1. The third kappa shape index (κ3) is 3.35. The van der Waals surface area contributed by atoms with Gasteiger partial charge in [-0.1, -0.05) is 0 Å². The molecule has 4 heteroatoms. The van der Waals surface area contributed by atoms with Gasteiger partial charge in [-0.25, -0.2) is 4.98 Å². The molecule has 0 radical (unpaired) electrons. The van der Waals surface area contributed by atoms with Gasteiger partial charge in [0.05, 0.1) is 6.10 Å². The van der Waals surface area contributed by atoms with Gasteiger partial charge in [-0.3, -0.25) is 0 Å². The van der Waals surface area contributed by atoms with E-state index in [9.17, 15) is 0 Å². The zero-order chi connectivity index (χ0) is 13.8. The Morgan fingerprint density at radius 1 is 1.26 bits per heavy atom. The summed E-state index contributed by atoms with van der Waals surface area (Å²) in [6.07, 6.45) is 0.839. The Hall–Kier alpha value is -1.81. The molecule has 2 aromatic rings. The van der Waals surface area contributed by atoms with Gasteiger partial charge >= 0.3 is 0 Å². The minimum Gasteiger partial charge on any atom is -0.491 e. The third-order valence-corrected chi connectivity index (χ3v) is 2.70. The fourth-order valence-corrected chi connectivity index (χ4v) is 1.91. The molecular formula is C15H20N2O2. The Labute approximate surface area is 113 Å². The molecule has 1 aromatic heterocycles. The maximum Gasteiger partial charge on any atom is 0.196 e. The Morgan fingerprint density at radius 3 is 2.53 bits per heavy atom. The number of rotatable bonds is 5. The van der Waals surface area contributed by atoms with Gasteiger partial charge in [0.1, 0.15) is 17.2 Å². The number of aryl methyl sites for hydroxylation is 1. The largest absolute Gasteiger partial charge is 0.491 e. The van der Waals surface area contributed by atoms with Gasteiger partial charge in [0, 0.05) is 18.5 Å². The summed E-state index contributed by atoms with van der Waals surface area (Å²) in [6.45, 7) is 6.48. The van der Waals surface area contributed by atoms with Gasteiger partial charge in [0.25, 0.3) is 0 Å². The van der Waals surface area contributed by atoms with Crippen LogP contribution in [-0.2, 0) is 6.42 Å². The van der Waals surface area contributed by atoms with E-state index in [0.29, 0.717) is 18.9 Å². The average molecular weight is 260 g/mol. The maximum atomic E-state index is 5.62. The van der Waals surface area contributed by atoms with Crippen molar-refractivity contribution < 1.29 is 9.15 Å². The van der Waals surface area contributed by atoms with Crippen LogP contribution in [-0.4, -0.2) is 17.6 Å². The van der Waals surface area contributed by atoms with Crippen molar-refractivity contribution in [3.63, 3.8) is 0 Å². The second-order valence-corrected chi connectivity index (χ2v) is 4.74. The lowest BCUT2D eigenvalue weighted by Crippen LogP contribution is -2.05. The predicted octanol–water partition coefficient (Wildman–Crippen LogP) is 2.94. The van der Waals surface area contributed by atoms with Gasteiger partial charge in [0.15, 0.2) is 5.89 Å². The molecule has 1 heterocycles. The molecule has 0 aliphatic heterocycles. The van der Waals surface area contributed by atoms with Crippen molar-refractivity contribution >= 4 is 0 Å². The number of hydrogen-bond acceptors (Lipinski definition) is 4. The molecule has 0 bridgehead atoms. The highest BCUT2D eigenvalue weighted by Gasteiger charge is 2.11. The molecule has 0 fully saturated rings. The molecule has 0 aliphatic carbocycles. The Bertz CT molecular complexity index is 530. The van der Waals surface area contributed by atoms with Gasteiger partial charge in [0.2, 0.25) is 0 Å². The van der Waals surface area contributed by atoms with Crippen LogP contribution in [0.5, 0.6) is 5.75 Å². The van der Waals surface area contributed by atoms with Crippen molar-refractivity contribution in [1.29, 1.82) is 0 Å². The zero-order valence-electron chi connectivity index (χ0n) is 11.6. The van der Waals surface area contributed by atoms with Gasteiger partial charge in [-0.05, 0) is 45.0 Å². The van der Waals surface area contributed by atoms with Crippen LogP contribution < -0.4 is 10.5 Å². The lowest BCUT2D eigenvalue weighted by molar-refractivity contribution is 0.242. The minimum atomic E-state index is 0.177. The van der Waals surface area contributed by atoms with E-state index >= 15 is 0 Å². The fraction of sp³-hybridized carbons (Fsp3) is 0.400. The van der Waals surface area contributed by atoms with E-state index in [2.05, 4.69) is 4.98 Å². The predicted molar refractivity (Wildman–Crippen MR) is 75.2 cm³/mol. The second kappa shape index (κ2) is 5.89. The third-order valence-electron chi connectivity index (χ3n) is 2.70. The second-order valence-electron chi connectivity index (χ2n) is 4.74. The molecule has 0 aliphatic rings. The fourth-order valence-electron chi connectivity index (χ4n) is 1.91.